The lowest BCUT2D eigenvalue weighted by atomic mass is 10.2. The minimum Gasteiger partial charge on any atom is -0.480 e. The molecule has 0 aromatic heterocycles. The van der Waals surface area contributed by atoms with Crippen LogP contribution < -0.4 is 5.32 Å². The molecule has 1 atom stereocenters. The van der Waals surface area contributed by atoms with E-state index in [2.05, 4.69) is 0 Å². The highest BCUT2D eigenvalue weighted by Crippen LogP contribution is 2.27. The molecule has 8 heteroatoms. The number of hydrogen-bond donors (Lipinski definition) is 2. The zero-order valence-corrected chi connectivity index (χ0v) is 11.2. The van der Waals surface area contributed by atoms with Crippen molar-refractivity contribution in [3.8, 4) is 0 Å². The molecule has 1 aromatic carbocycles. The van der Waals surface area contributed by atoms with Gasteiger partial charge in [0, 0.05) is 4.90 Å². The minimum absolute atomic E-state index is 0.0230. The van der Waals surface area contributed by atoms with Gasteiger partial charge in [0.15, 0.2) is 0 Å². The van der Waals surface area contributed by atoms with E-state index in [-0.39, 0.29) is 5.56 Å². The quantitative estimate of drug-likeness (QED) is 0.820. The van der Waals surface area contributed by atoms with Gasteiger partial charge in [-0.05, 0) is 19.1 Å². The van der Waals surface area contributed by atoms with Crippen LogP contribution in [-0.4, -0.2) is 35.0 Å². The summed E-state index contributed by atoms with van der Waals surface area (Å²) in [5, 5.41) is 9.76. The summed E-state index contributed by atoms with van der Waals surface area (Å²) in [6.45, 7) is -0.00326. The van der Waals surface area contributed by atoms with Crippen molar-refractivity contribution in [2.75, 3.05) is 6.54 Å². The average molecular weight is 307 g/mol. The van der Waals surface area contributed by atoms with Gasteiger partial charge in [0.05, 0.1) is 5.56 Å². The molecule has 1 aromatic rings. The number of carbonyl (C=O) groups is 2. The van der Waals surface area contributed by atoms with Crippen LogP contribution in [0, 0.1) is 0 Å². The first kappa shape index (κ1) is 16.4. The molecule has 0 heterocycles. The van der Waals surface area contributed by atoms with Crippen LogP contribution >= 0.6 is 11.8 Å². The lowest BCUT2D eigenvalue weighted by molar-refractivity contribution is -0.136. The van der Waals surface area contributed by atoms with Crippen molar-refractivity contribution in [1.82, 2.24) is 5.32 Å². The van der Waals surface area contributed by atoms with Crippen molar-refractivity contribution in [2.24, 2.45) is 0 Å². The Morgan fingerprint density at radius 1 is 1.35 bits per heavy atom. The summed E-state index contributed by atoms with van der Waals surface area (Å²) in [4.78, 5) is 22.8. The lowest BCUT2D eigenvalue weighted by Gasteiger charge is -2.12. The van der Waals surface area contributed by atoms with Gasteiger partial charge in [-0.3, -0.25) is 9.59 Å². The van der Waals surface area contributed by atoms with E-state index in [9.17, 15) is 22.8 Å². The molecule has 0 saturated heterocycles. The first-order valence-electron chi connectivity index (χ1n) is 5.54. The first-order valence-corrected chi connectivity index (χ1v) is 6.42. The van der Waals surface area contributed by atoms with Crippen LogP contribution in [0.4, 0.5) is 13.2 Å². The highest BCUT2D eigenvalue weighted by molar-refractivity contribution is 8.00. The number of aliphatic carboxylic acids is 1. The Balaban J connectivity index is 2.84. The van der Waals surface area contributed by atoms with Crippen LogP contribution in [0.3, 0.4) is 0 Å². The van der Waals surface area contributed by atoms with Crippen LogP contribution in [-0.2, 0) is 4.79 Å². The third-order valence-corrected chi connectivity index (χ3v) is 3.40. The summed E-state index contributed by atoms with van der Waals surface area (Å²) in [6, 6.07) is 5.92. The number of benzene rings is 1. The van der Waals surface area contributed by atoms with Gasteiger partial charge < -0.3 is 10.4 Å². The molecule has 0 radical (unpaired) electrons. The van der Waals surface area contributed by atoms with Gasteiger partial charge in [-0.2, -0.15) is 13.2 Å². The molecule has 20 heavy (non-hydrogen) atoms. The van der Waals surface area contributed by atoms with Crippen molar-refractivity contribution in [1.29, 1.82) is 0 Å². The molecule has 0 aliphatic heterocycles. The number of carboxylic acids is 1. The summed E-state index contributed by atoms with van der Waals surface area (Å²) in [5.41, 5.74) is 0.0230. The number of hydrogen-bond acceptors (Lipinski definition) is 3. The van der Waals surface area contributed by atoms with Crippen molar-refractivity contribution in [3.63, 3.8) is 0 Å². The molecule has 4 nitrogen and oxygen atoms in total. The monoisotopic (exact) mass is 307 g/mol. The van der Waals surface area contributed by atoms with E-state index >= 15 is 0 Å². The molecule has 0 spiro atoms. The Morgan fingerprint density at radius 3 is 2.50 bits per heavy atom. The maximum Gasteiger partial charge on any atom is 0.405 e. The molecule has 1 amide bonds. The Kier molecular flexibility index (Phi) is 5.43. The fourth-order valence-electron chi connectivity index (χ4n) is 1.27. The topological polar surface area (TPSA) is 66.4 Å². The molecular formula is C12H12F3NO3S. The van der Waals surface area contributed by atoms with E-state index in [4.69, 9.17) is 5.11 Å². The smallest absolute Gasteiger partial charge is 0.405 e. The first-order chi connectivity index (χ1) is 9.20. The third-order valence-electron chi connectivity index (χ3n) is 2.23. The number of carbonyl (C=O) groups excluding carboxylic acids is 1. The summed E-state index contributed by atoms with van der Waals surface area (Å²) in [7, 11) is 0. The van der Waals surface area contributed by atoms with E-state index in [0.29, 0.717) is 4.90 Å². The van der Waals surface area contributed by atoms with Gasteiger partial charge in [-0.15, -0.1) is 11.8 Å². The number of nitrogens with one attached hydrogen (secondary N) is 1. The van der Waals surface area contributed by atoms with Crippen molar-refractivity contribution >= 4 is 23.6 Å². The van der Waals surface area contributed by atoms with Crippen molar-refractivity contribution in [2.45, 2.75) is 23.2 Å². The van der Waals surface area contributed by atoms with Crippen LogP contribution in [0.15, 0.2) is 29.2 Å². The summed E-state index contributed by atoms with van der Waals surface area (Å²) < 4.78 is 36.2. The lowest BCUT2D eigenvalue weighted by Crippen LogP contribution is -2.34. The second-order valence-electron chi connectivity index (χ2n) is 3.89. The molecule has 0 aliphatic carbocycles. The molecule has 0 fully saturated rings. The second kappa shape index (κ2) is 6.65. The van der Waals surface area contributed by atoms with Gasteiger partial charge in [0.25, 0.3) is 5.91 Å². The molecule has 0 bridgehead atoms. The van der Waals surface area contributed by atoms with Gasteiger partial charge >= 0.3 is 12.1 Å². The Morgan fingerprint density at radius 2 is 1.95 bits per heavy atom. The van der Waals surface area contributed by atoms with E-state index in [1.807, 2.05) is 0 Å². The molecule has 1 rings (SSSR count). The fraction of sp³-hybridized carbons (Fsp3) is 0.333. The average Bonchev–Trinajstić information content (AvgIpc) is 2.35. The normalized spacial score (nSPS) is 12.8. The number of carboxylic acid groups (broad SMARTS) is 1. The Bertz CT molecular complexity index is 505. The minimum atomic E-state index is -4.49. The SMILES string of the molecule is CC(Sc1ccccc1C(=O)NCC(F)(F)F)C(=O)O. The third kappa shape index (κ3) is 5.12. The summed E-state index contributed by atoms with van der Waals surface area (Å²) in [6.07, 6.45) is -4.49. The highest BCUT2D eigenvalue weighted by atomic mass is 32.2. The van der Waals surface area contributed by atoms with Crippen LogP contribution in [0.5, 0.6) is 0 Å². The van der Waals surface area contributed by atoms with Gasteiger partial charge in [-0.1, -0.05) is 12.1 Å². The molecule has 2 N–H and O–H groups in total. The van der Waals surface area contributed by atoms with Crippen LogP contribution in [0.25, 0.3) is 0 Å². The van der Waals surface area contributed by atoms with E-state index < -0.39 is 29.8 Å². The van der Waals surface area contributed by atoms with Gasteiger partial charge in [0.1, 0.15) is 11.8 Å². The molecule has 1 unspecified atom stereocenters. The number of amides is 1. The molecule has 110 valence electrons. The zero-order chi connectivity index (χ0) is 15.3. The number of thioether (sulfide) groups is 1. The number of alkyl halides is 3. The van der Waals surface area contributed by atoms with Crippen LogP contribution in [0.1, 0.15) is 17.3 Å². The Labute approximate surface area is 117 Å². The van der Waals surface area contributed by atoms with E-state index in [1.165, 1.54) is 25.1 Å². The van der Waals surface area contributed by atoms with Crippen LogP contribution in [0.2, 0.25) is 0 Å². The highest BCUT2D eigenvalue weighted by Gasteiger charge is 2.28. The van der Waals surface area contributed by atoms with E-state index in [0.717, 1.165) is 11.8 Å². The number of halogens is 3. The zero-order valence-electron chi connectivity index (χ0n) is 10.4. The molecule has 0 aliphatic rings. The Hall–Kier alpha value is -1.70. The van der Waals surface area contributed by atoms with Crippen molar-refractivity contribution < 1.29 is 27.9 Å². The van der Waals surface area contributed by atoms with Gasteiger partial charge in [-0.25, -0.2) is 0 Å². The predicted molar refractivity (Wildman–Crippen MR) is 67.8 cm³/mol. The maximum atomic E-state index is 12.1. The number of rotatable bonds is 5. The molecule has 0 saturated carbocycles. The fourth-order valence-corrected chi connectivity index (χ4v) is 2.20. The van der Waals surface area contributed by atoms with E-state index in [1.54, 1.807) is 11.4 Å². The second-order valence-corrected chi connectivity index (χ2v) is 5.27. The maximum absolute atomic E-state index is 12.1. The van der Waals surface area contributed by atoms with Crippen molar-refractivity contribution in [3.05, 3.63) is 29.8 Å². The largest absolute Gasteiger partial charge is 0.480 e. The van der Waals surface area contributed by atoms with Gasteiger partial charge in [0.2, 0.25) is 0 Å². The molecular weight excluding hydrogens is 295 g/mol. The summed E-state index contributed by atoms with van der Waals surface area (Å²) in [5.74, 6) is -1.96. The summed E-state index contributed by atoms with van der Waals surface area (Å²) >= 11 is 0.898. The predicted octanol–water partition coefficient (Wildman–Crippen LogP) is 2.54. The standard InChI is InChI=1S/C12H12F3NO3S/c1-7(11(18)19)20-9-5-3-2-4-8(9)10(17)16-6-12(13,14)15/h2-5,7H,6H2,1H3,(H,16,17)(H,18,19).